The molecule has 3 aliphatic rings. The van der Waals surface area contributed by atoms with E-state index in [1.165, 1.54) is 12.1 Å². The SMILES string of the molecule is COc1cc(C2=C(c3ccc(F)cc3)N=C3C=NN(N4CCN(C)CC4)C[N+]32)ccn1. The number of hydrazone groups is 1. The number of rotatable bonds is 4. The van der Waals surface area contributed by atoms with Gasteiger partial charge in [0.15, 0.2) is 0 Å². The number of piperazine rings is 1. The molecule has 0 amide bonds. The van der Waals surface area contributed by atoms with Gasteiger partial charge in [-0.25, -0.2) is 9.37 Å². The van der Waals surface area contributed by atoms with E-state index in [0.717, 1.165) is 54.5 Å². The smallest absolute Gasteiger partial charge is 0.305 e. The van der Waals surface area contributed by atoms with E-state index < -0.39 is 0 Å². The summed E-state index contributed by atoms with van der Waals surface area (Å²) in [7, 11) is 3.73. The Morgan fingerprint density at radius 3 is 2.55 bits per heavy atom. The number of amidine groups is 1. The first kappa shape index (κ1) is 19.8. The highest BCUT2D eigenvalue weighted by Crippen LogP contribution is 2.36. The van der Waals surface area contributed by atoms with Crippen molar-refractivity contribution in [2.45, 2.75) is 0 Å². The third kappa shape index (κ3) is 3.83. The predicted octanol–water partition coefficient (Wildman–Crippen LogP) is 2.03. The molecule has 4 heterocycles. The Kier molecular flexibility index (Phi) is 5.23. The second kappa shape index (κ2) is 8.18. The lowest BCUT2D eigenvalue weighted by molar-refractivity contribution is -0.0602. The molecule has 31 heavy (non-hydrogen) atoms. The summed E-state index contributed by atoms with van der Waals surface area (Å²) in [6, 6.07) is 10.2. The summed E-state index contributed by atoms with van der Waals surface area (Å²) in [5, 5.41) is 8.90. The van der Waals surface area contributed by atoms with Crippen LogP contribution in [0.3, 0.4) is 0 Å². The summed E-state index contributed by atoms with van der Waals surface area (Å²) >= 11 is 0. The highest BCUT2D eigenvalue weighted by molar-refractivity contribution is 6.36. The summed E-state index contributed by atoms with van der Waals surface area (Å²) in [6.45, 7) is 4.38. The molecule has 0 bridgehead atoms. The molecule has 8 nitrogen and oxygen atoms in total. The van der Waals surface area contributed by atoms with E-state index in [1.54, 1.807) is 31.7 Å². The van der Waals surface area contributed by atoms with Crippen LogP contribution in [-0.4, -0.2) is 79.1 Å². The fourth-order valence-electron chi connectivity index (χ4n) is 3.95. The first-order valence-electron chi connectivity index (χ1n) is 10.2. The lowest BCUT2D eigenvalue weighted by Crippen LogP contribution is -2.57. The monoisotopic (exact) mass is 421 g/mol. The average Bonchev–Trinajstić information content (AvgIpc) is 3.19. The second-order valence-electron chi connectivity index (χ2n) is 7.70. The Morgan fingerprint density at radius 2 is 1.81 bits per heavy atom. The van der Waals surface area contributed by atoms with E-state index in [4.69, 9.17) is 9.73 Å². The van der Waals surface area contributed by atoms with Crippen LogP contribution in [0.1, 0.15) is 11.1 Å². The van der Waals surface area contributed by atoms with Gasteiger partial charge < -0.3 is 9.64 Å². The second-order valence-corrected chi connectivity index (χ2v) is 7.70. The van der Waals surface area contributed by atoms with Crippen molar-refractivity contribution in [2.75, 3.05) is 47.0 Å². The molecule has 2 aromatic rings. The molecule has 0 saturated carbocycles. The number of aromatic nitrogens is 1. The van der Waals surface area contributed by atoms with Gasteiger partial charge in [0.2, 0.25) is 18.2 Å². The molecule has 1 radical (unpaired) electrons. The van der Waals surface area contributed by atoms with Gasteiger partial charge in [-0.1, -0.05) is 4.90 Å². The van der Waals surface area contributed by atoms with Crippen molar-refractivity contribution < 1.29 is 9.13 Å². The van der Waals surface area contributed by atoms with Crippen LogP contribution in [0.4, 0.5) is 4.39 Å². The van der Waals surface area contributed by atoms with Gasteiger partial charge in [-0.15, -0.1) is 0 Å². The molecule has 1 fully saturated rings. The first-order chi connectivity index (χ1) is 15.1. The Bertz CT molecular complexity index is 1060. The van der Waals surface area contributed by atoms with E-state index in [1.807, 2.05) is 17.3 Å². The van der Waals surface area contributed by atoms with Gasteiger partial charge in [0.05, 0.1) is 12.7 Å². The quantitative estimate of drug-likeness (QED) is 0.707. The third-order valence-corrected chi connectivity index (χ3v) is 5.71. The Morgan fingerprint density at radius 1 is 1.03 bits per heavy atom. The molecule has 1 saturated heterocycles. The van der Waals surface area contributed by atoms with E-state index in [-0.39, 0.29) is 5.82 Å². The third-order valence-electron chi connectivity index (χ3n) is 5.71. The number of nitrogens with zero attached hydrogens (tertiary/aromatic N) is 7. The van der Waals surface area contributed by atoms with Gasteiger partial charge in [0, 0.05) is 44.0 Å². The van der Waals surface area contributed by atoms with Crippen LogP contribution in [0.5, 0.6) is 5.88 Å². The van der Waals surface area contributed by atoms with Crippen molar-refractivity contribution in [1.82, 2.24) is 24.9 Å². The molecule has 1 aromatic carbocycles. The minimum absolute atomic E-state index is 0.275. The van der Waals surface area contributed by atoms with Crippen molar-refractivity contribution in [1.29, 1.82) is 0 Å². The normalized spacial score (nSPS) is 20.2. The maximum Gasteiger partial charge on any atom is 0.305 e. The number of likely N-dealkylation sites (N-methyl/N-ethyl adjacent to an activating group) is 1. The van der Waals surface area contributed by atoms with Crippen molar-refractivity contribution in [2.24, 2.45) is 10.1 Å². The van der Waals surface area contributed by atoms with Crippen LogP contribution in [0.25, 0.3) is 11.4 Å². The van der Waals surface area contributed by atoms with Crippen LogP contribution in [0, 0.1) is 5.82 Å². The maximum absolute atomic E-state index is 13.5. The van der Waals surface area contributed by atoms with Crippen molar-refractivity contribution in [3.05, 3.63) is 59.5 Å². The lowest BCUT2D eigenvalue weighted by atomic mass is 10.1. The molecule has 0 atom stereocenters. The molecular weight excluding hydrogens is 397 g/mol. The minimum atomic E-state index is -0.275. The minimum Gasteiger partial charge on any atom is -0.481 e. The molecular formula is C22H24FN7O+. The van der Waals surface area contributed by atoms with E-state index in [0.29, 0.717) is 12.5 Å². The molecule has 9 heteroatoms. The highest BCUT2D eigenvalue weighted by atomic mass is 19.1. The van der Waals surface area contributed by atoms with Crippen LogP contribution in [0.2, 0.25) is 0 Å². The molecule has 1 aromatic heterocycles. The number of benzene rings is 1. The van der Waals surface area contributed by atoms with Gasteiger partial charge in [-0.05, 0) is 37.4 Å². The Hall–Kier alpha value is -3.14. The summed E-state index contributed by atoms with van der Waals surface area (Å²) in [5.74, 6) is 1.01. The first-order valence-corrected chi connectivity index (χ1v) is 10.2. The zero-order valence-electron chi connectivity index (χ0n) is 17.6. The van der Waals surface area contributed by atoms with Crippen molar-refractivity contribution in [3.8, 4) is 5.88 Å². The van der Waals surface area contributed by atoms with Gasteiger partial charge in [0.25, 0.3) is 0 Å². The maximum atomic E-state index is 13.5. The summed E-state index contributed by atoms with van der Waals surface area (Å²) < 4.78 is 18.9. The number of aliphatic imine (C=N–C) groups is 1. The number of halogens is 1. The van der Waals surface area contributed by atoms with E-state index >= 15 is 0 Å². The number of pyridine rings is 1. The zero-order valence-corrected chi connectivity index (χ0v) is 17.6. The predicted molar refractivity (Wildman–Crippen MR) is 118 cm³/mol. The van der Waals surface area contributed by atoms with Crippen molar-refractivity contribution >= 4 is 23.4 Å². The summed E-state index contributed by atoms with van der Waals surface area (Å²) in [4.78, 5) is 13.5. The number of methoxy groups -OCH3 is 1. The fraction of sp³-hybridized carbons (Fsp3) is 0.318. The summed E-state index contributed by atoms with van der Waals surface area (Å²) in [5.41, 5.74) is 3.47. The fourth-order valence-corrected chi connectivity index (χ4v) is 3.95. The standard InChI is InChI=1S/C22H24FN7O/c1-27-9-11-28(12-10-27)30-15-29-19(14-25-30)26-21(16-3-5-18(23)6-4-16)22(29)17-7-8-24-20(13-17)31-2/h3-8,13-14H,9-12,15H2,1-2H3/q+1. The lowest BCUT2D eigenvalue weighted by Gasteiger charge is -2.38. The molecule has 3 aliphatic heterocycles. The van der Waals surface area contributed by atoms with Gasteiger partial charge in [0.1, 0.15) is 17.7 Å². The van der Waals surface area contributed by atoms with Crippen LogP contribution >= 0.6 is 0 Å². The molecule has 5 rings (SSSR count). The van der Waals surface area contributed by atoms with Crippen LogP contribution in [0.15, 0.2) is 52.7 Å². The number of fused-ring (bicyclic) bond motifs is 1. The molecule has 159 valence electrons. The van der Waals surface area contributed by atoms with Gasteiger partial charge in [-0.2, -0.15) is 20.2 Å². The number of ether oxygens (including phenoxy) is 1. The number of hydrogen-bond acceptors (Lipinski definition) is 8. The molecule has 0 N–H and O–H groups in total. The van der Waals surface area contributed by atoms with Crippen LogP contribution in [-0.2, 0) is 0 Å². The topological polar surface area (TPSA) is 62.5 Å². The van der Waals surface area contributed by atoms with Gasteiger partial charge in [-0.3, -0.25) is 0 Å². The van der Waals surface area contributed by atoms with Crippen molar-refractivity contribution in [3.63, 3.8) is 0 Å². The average molecular weight is 421 g/mol. The Balaban J connectivity index is 1.54. The Labute approximate surface area is 180 Å². The molecule has 0 unspecified atom stereocenters. The van der Waals surface area contributed by atoms with Gasteiger partial charge >= 0.3 is 5.84 Å². The zero-order chi connectivity index (χ0) is 21.4. The molecule has 0 aliphatic carbocycles. The van der Waals surface area contributed by atoms with E-state index in [9.17, 15) is 4.39 Å². The van der Waals surface area contributed by atoms with Crippen LogP contribution < -0.4 is 9.64 Å². The van der Waals surface area contributed by atoms with E-state index in [2.05, 4.69) is 31.9 Å². The largest absolute Gasteiger partial charge is 0.481 e. The molecule has 0 spiro atoms. The highest BCUT2D eigenvalue weighted by Gasteiger charge is 2.44. The summed E-state index contributed by atoms with van der Waals surface area (Å²) in [6.07, 6.45) is 3.51. The number of hydrogen-bond donors (Lipinski definition) is 0. The number of hydrazine groups is 1.